The van der Waals surface area contributed by atoms with Gasteiger partial charge in [-0.1, -0.05) is 78.6 Å². The summed E-state index contributed by atoms with van der Waals surface area (Å²) in [4.78, 5) is 3.63. The maximum Gasteiger partial charge on any atom is 0.0182 e. The number of aromatic amines is 1. The highest BCUT2D eigenvalue weighted by Crippen LogP contribution is 2.22. The van der Waals surface area contributed by atoms with Gasteiger partial charge in [0, 0.05) is 11.9 Å². The highest BCUT2D eigenvalue weighted by Gasteiger charge is 2.10. The molecule has 1 heterocycles. The zero-order valence-electron chi connectivity index (χ0n) is 16.2. The Morgan fingerprint density at radius 3 is 1.70 bits per heavy atom. The summed E-state index contributed by atoms with van der Waals surface area (Å²) in [6.45, 7) is 6.89. The fourth-order valence-corrected chi connectivity index (χ4v) is 3.50. The average molecular weight is 320 g/mol. The van der Waals surface area contributed by atoms with E-state index in [2.05, 4.69) is 32.0 Å². The molecule has 0 amide bonds. The van der Waals surface area contributed by atoms with Crippen LogP contribution in [0.4, 0.5) is 0 Å². The molecule has 0 saturated heterocycles. The first-order chi connectivity index (χ1) is 11.3. The van der Waals surface area contributed by atoms with Gasteiger partial charge < -0.3 is 4.98 Å². The largest absolute Gasteiger partial charge is 0.364 e. The molecular formula is C22H41N. The molecule has 0 spiro atoms. The molecule has 0 aliphatic carbocycles. The third-order valence-electron chi connectivity index (χ3n) is 5.03. The van der Waals surface area contributed by atoms with Gasteiger partial charge in [0.15, 0.2) is 0 Å². The maximum absolute atomic E-state index is 3.63. The number of unbranched alkanes of at least 4 members (excludes halogenated alkanes) is 9. The van der Waals surface area contributed by atoms with Crippen molar-refractivity contribution in [2.45, 2.75) is 117 Å². The normalized spacial score (nSPS) is 11.3. The number of hydrogen-bond donors (Lipinski definition) is 1. The predicted molar refractivity (Wildman–Crippen MR) is 104 cm³/mol. The Kier molecular flexibility index (Phi) is 12.1. The van der Waals surface area contributed by atoms with Gasteiger partial charge in [-0.05, 0) is 49.7 Å². The lowest BCUT2D eigenvalue weighted by molar-refractivity contribution is 0.641. The lowest BCUT2D eigenvalue weighted by Crippen LogP contribution is -1.97. The molecule has 1 aromatic rings. The van der Waals surface area contributed by atoms with Crippen LogP contribution in [0.3, 0.4) is 0 Å². The van der Waals surface area contributed by atoms with Crippen LogP contribution in [0.25, 0.3) is 0 Å². The van der Waals surface area contributed by atoms with E-state index in [-0.39, 0.29) is 0 Å². The molecule has 23 heavy (non-hydrogen) atoms. The molecule has 0 fully saturated rings. The van der Waals surface area contributed by atoms with Gasteiger partial charge in [-0.3, -0.25) is 0 Å². The van der Waals surface area contributed by atoms with Gasteiger partial charge in [-0.15, -0.1) is 0 Å². The Hall–Kier alpha value is -0.720. The van der Waals surface area contributed by atoms with Crippen LogP contribution in [-0.4, -0.2) is 4.98 Å². The third-order valence-corrected chi connectivity index (χ3v) is 5.03. The van der Waals surface area contributed by atoms with E-state index < -0.39 is 0 Å². The Morgan fingerprint density at radius 1 is 0.609 bits per heavy atom. The van der Waals surface area contributed by atoms with E-state index in [0.717, 1.165) is 0 Å². The summed E-state index contributed by atoms with van der Waals surface area (Å²) >= 11 is 0. The molecule has 0 bridgehead atoms. The molecule has 0 radical (unpaired) electrons. The summed E-state index contributed by atoms with van der Waals surface area (Å²) in [6, 6.07) is 0. The van der Waals surface area contributed by atoms with E-state index >= 15 is 0 Å². The molecule has 1 N–H and O–H groups in total. The van der Waals surface area contributed by atoms with Gasteiger partial charge in [-0.2, -0.15) is 0 Å². The second-order valence-electron chi connectivity index (χ2n) is 7.20. The quantitative estimate of drug-likeness (QED) is 0.324. The van der Waals surface area contributed by atoms with Crippen LogP contribution < -0.4 is 0 Å². The molecular weight excluding hydrogens is 278 g/mol. The first-order valence-electron chi connectivity index (χ1n) is 10.5. The lowest BCUT2D eigenvalue weighted by atomic mass is 9.97. The van der Waals surface area contributed by atoms with E-state index in [4.69, 9.17) is 0 Å². The smallest absolute Gasteiger partial charge is 0.0182 e. The van der Waals surface area contributed by atoms with Crippen LogP contribution in [0.15, 0.2) is 6.20 Å². The highest BCUT2D eigenvalue weighted by atomic mass is 14.7. The van der Waals surface area contributed by atoms with Crippen molar-refractivity contribution >= 4 is 0 Å². The summed E-state index contributed by atoms with van der Waals surface area (Å²) in [5.74, 6) is 0. The minimum Gasteiger partial charge on any atom is -0.364 e. The zero-order chi connectivity index (χ0) is 16.8. The van der Waals surface area contributed by atoms with Crippen molar-refractivity contribution < 1.29 is 0 Å². The Morgan fingerprint density at radius 2 is 1.13 bits per heavy atom. The Labute approximate surface area is 145 Å². The van der Waals surface area contributed by atoms with E-state index in [0.29, 0.717) is 0 Å². The minimum atomic E-state index is 1.26. The highest BCUT2D eigenvalue weighted by molar-refractivity contribution is 5.31. The summed E-state index contributed by atoms with van der Waals surface area (Å²) in [7, 11) is 0. The lowest BCUT2D eigenvalue weighted by Gasteiger charge is -2.08. The van der Waals surface area contributed by atoms with Crippen molar-refractivity contribution in [2.75, 3.05) is 0 Å². The number of hydrogen-bond acceptors (Lipinski definition) is 0. The Bertz CT molecular complexity index is 348. The van der Waals surface area contributed by atoms with Gasteiger partial charge in [-0.25, -0.2) is 0 Å². The van der Waals surface area contributed by atoms with Crippen molar-refractivity contribution in [3.63, 3.8) is 0 Å². The number of aromatic nitrogens is 1. The fraction of sp³-hybridized carbons (Fsp3) is 0.818. The van der Waals surface area contributed by atoms with Crippen LogP contribution in [0.1, 0.15) is 115 Å². The summed E-state index contributed by atoms with van der Waals surface area (Å²) in [6.07, 6.45) is 22.6. The van der Waals surface area contributed by atoms with Crippen molar-refractivity contribution in [1.82, 2.24) is 4.98 Å². The molecule has 0 aromatic carbocycles. The topological polar surface area (TPSA) is 15.8 Å². The van der Waals surface area contributed by atoms with E-state index in [1.807, 2.05) is 0 Å². The van der Waals surface area contributed by atoms with Crippen molar-refractivity contribution in [3.8, 4) is 0 Å². The van der Waals surface area contributed by atoms with Crippen LogP contribution in [-0.2, 0) is 19.3 Å². The summed E-state index contributed by atoms with van der Waals surface area (Å²) in [5, 5.41) is 0. The number of aryl methyl sites for hydroxylation is 2. The molecule has 0 unspecified atom stereocenters. The van der Waals surface area contributed by atoms with Crippen LogP contribution in [0, 0.1) is 0 Å². The molecule has 1 heteroatoms. The van der Waals surface area contributed by atoms with Crippen molar-refractivity contribution in [2.24, 2.45) is 0 Å². The molecule has 0 saturated carbocycles. The fourth-order valence-electron chi connectivity index (χ4n) is 3.50. The first-order valence-corrected chi connectivity index (χ1v) is 10.5. The van der Waals surface area contributed by atoms with E-state index in [9.17, 15) is 0 Å². The maximum atomic E-state index is 3.63. The summed E-state index contributed by atoms with van der Waals surface area (Å²) in [5.41, 5.74) is 4.88. The van der Waals surface area contributed by atoms with Crippen LogP contribution in [0.2, 0.25) is 0 Å². The van der Waals surface area contributed by atoms with Gasteiger partial charge in [0.05, 0.1) is 0 Å². The van der Waals surface area contributed by atoms with E-state index in [1.54, 1.807) is 16.8 Å². The average Bonchev–Trinajstić information content (AvgIpc) is 2.94. The molecule has 134 valence electrons. The van der Waals surface area contributed by atoms with Crippen LogP contribution >= 0.6 is 0 Å². The molecule has 1 rings (SSSR count). The second kappa shape index (κ2) is 13.7. The standard InChI is InChI=1S/C22H41N/c1-4-7-10-13-16-20-19-23-22(18-15-12-9-6-3)21(20)17-14-11-8-5-2/h19,23H,4-18H2,1-3H3. The van der Waals surface area contributed by atoms with Gasteiger partial charge in [0.2, 0.25) is 0 Å². The predicted octanol–water partition coefficient (Wildman–Crippen LogP) is 7.38. The van der Waals surface area contributed by atoms with Crippen LogP contribution in [0.5, 0.6) is 0 Å². The van der Waals surface area contributed by atoms with Gasteiger partial charge in [0.25, 0.3) is 0 Å². The van der Waals surface area contributed by atoms with E-state index in [1.165, 1.54) is 96.3 Å². The number of H-pyrrole nitrogens is 1. The monoisotopic (exact) mass is 319 g/mol. The number of nitrogens with one attached hydrogen (secondary N) is 1. The van der Waals surface area contributed by atoms with Gasteiger partial charge in [0.1, 0.15) is 0 Å². The number of rotatable bonds is 15. The van der Waals surface area contributed by atoms with Crippen molar-refractivity contribution in [3.05, 3.63) is 23.0 Å². The first kappa shape index (κ1) is 20.3. The molecule has 0 aliphatic rings. The van der Waals surface area contributed by atoms with Gasteiger partial charge >= 0.3 is 0 Å². The summed E-state index contributed by atoms with van der Waals surface area (Å²) < 4.78 is 0. The minimum absolute atomic E-state index is 1.26. The second-order valence-corrected chi connectivity index (χ2v) is 7.20. The zero-order valence-corrected chi connectivity index (χ0v) is 16.2. The Balaban J connectivity index is 2.53. The SMILES string of the molecule is CCCCCCc1c[nH]c(CCCCCC)c1CCCCCC. The molecule has 1 aromatic heterocycles. The molecule has 0 aliphatic heterocycles. The molecule has 1 nitrogen and oxygen atoms in total. The van der Waals surface area contributed by atoms with Crippen molar-refractivity contribution in [1.29, 1.82) is 0 Å². The third kappa shape index (κ3) is 8.63. The molecule has 0 atom stereocenters.